The number of hydrogen-bond donors (Lipinski definition) is 2. The van der Waals surface area contributed by atoms with Crippen LogP contribution in [0.4, 0.5) is 10.3 Å². The van der Waals surface area contributed by atoms with Crippen LogP contribution >= 0.6 is 22.7 Å². The van der Waals surface area contributed by atoms with Crippen molar-refractivity contribution >= 4 is 44.8 Å². The van der Waals surface area contributed by atoms with Gasteiger partial charge in [0.05, 0.1) is 12.8 Å². The molecule has 4 aromatic rings. The Morgan fingerprint density at radius 2 is 1.44 bits per heavy atom. The minimum Gasteiger partial charge on any atom is -0.300 e. The topological polar surface area (TPSA) is 136 Å². The summed E-state index contributed by atoms with van der Waals surface area (Å²) < 4.78 is 0. The van der Waals surface area contributed by atoms with E-state index < -0.39 is 0 Å². The van der Waals surface area contributed by atoms with E-state index in [-0.39, 0.29) is 30.6 Å². The monoisotopic (exact) mass is 520 g/mol. The van der Waals surface area contributed by atoms with Crippen molar-refractivity contribution in [2.45, 2.75) is 44.4 Å². The van der Waals surface area contributed by atoms with Crippen LogP contribution in [-0.4, -0.2) is 42.2 Å². The van der Waals surface area contributed by atoms with E-state index in [4.69, 9.17) is 0 Å². The molecule has 1 aliphatic rings. The molecule has 1 fully saturated rings. The fraction of sp³-hybridized carbons (Fsp3) is 0.333. The molecular weight excluding hydrogens is 496 g/mol. The maximum Gasteiger partial charge on any atom is 0.232 e. The van der Waals surface area contributed by atoms with Crippen LogP contribution in [-0.2, 0) is 22.4 Å². The molecule has 10 nitrogen and oxygen atoms in total. The number of nitrogens with zero attached hydrogens (tertiary/aromatic N) is 6. The summed E-state index contributed by atoms with van der Waals surface area (Å²) in [5, 5.41) is 25.4. The van der Waals surface area contributed by atoms with Crippen LogP contribution in [0.3, 0.4) is 0 Å². The molecule has 1 atom stereocenters. The second-order valence-electron chi connectivity index (χ2n) is 8.70. The zero-order chi connectivity index (χ0) is 24.9. The highest BCUT2D eigenvalue weighted by atomic mass is 32.1. The molecule has 36 heavy (non-hydrogen) atoms. The summed E-state index contributed by atoms with van der Waals surface area (Å²) in [7, 11) is 0. The van der Waals surface area contributed by atoms with Crippen molar-refractivity contribution in [2.75, 3.05) is 10.6 Å². The molecule has 0 aliphatic heterocycles. The fourth-order valence-corrected chi connectivity index (χ4v) is 5.84. The van der Waals surface area contributed by atoms with Crippen molar-refractivity contribution in [1.82, 2.24) is 30.4 Å². The minimum absolute atomic E-state index is 0.157. The number of rotatable bonds is 9. The molecule has 2 N–H and O–H groups in total. The number of pyridine rings is 2. The van der Waals surface area contributed by atoms with Gasteiger partial charge in [-0.05, 0) is 43.0 Å². The average Bonchev–Trinajstić information content (AvgIpc) is 3.49. The molecule has 1 saturated carbocycles. The van der Waals surface area contributed by atoms with Gasteiger partial charge in [0.15, 0.2) is 0 Å². The Kier molecular flexibility index (Phi) is 7.33. The molecule has 2 amide bonds. The van der Waals surface area contributed by atoms with E-state index in [0.717, 1.165) is 22.9 Å². The quantitative estimate of drug-likeness (QED) is 0.340. The Bertz CT molecular complexity index is 1320. The third kappa shape index (κ3) is 5.94. The van der Waals surface area contributed by atoms with Crippen LogP contribution in [0.2, 0.25) is 0 Å². The third-order valence-electron chi connectivity index (χ3n) is 6.13. The summed E-state index contributed by atoms with van der Waals surface area (Å²) in [6.45, 7) is 2.14. The van der Waals surface area contributed by atoms with Gasteiger partial charge in [-0.1, -0.05) is 41.7 Å². The highest BCUT2D eigenvalue weighted by Gasteiger charge is 2.38. The van der Waals surface area contributed by atoms with Gasteiger partial charge in [0.2, 0.25) is 22.1 Å². The second kappa shape index (κ2) is 11.0. The Labute approximate surface area is 215 Å². The molecule has 0 radical (unpaired) electrons. The Morgan fingerprint density at radius 1 is 0.861 bits per heavy atom. The van der Waals surface area contributed by atoms with Crippen molar-refractivity contribution in [2.24, 2.45) is 5.92 Å². The lowest BCUT2D eigenvalue weighted by molar-refractivity contribution is -0.116. The SMILES string of the molecule is CC(c1nnc(NC(=O)Cc2ccccn2)s1)C1CC(c2nnc(NC(=O)Cc3ccccn3)s2)C1. The minimum atomic E-state index is -0.160. The van der Waals surface area contributed by atoms with Gasteiger partial charge in [0.25, 0.3) is 0 Å². The standard InChI is InChI=1S/C24H24N8O2S2/c1-14(21-29-31-23(35-21)27-19(33)12-17-6-2-4-8-25-17)15-10-16(11-15)22-30-32-24(36-22)28-20(34)13-18-7-3-5-9-26-18/h2-9,14-16H,10-13H2,1H3,(H,27,31,33)(H,28,32,34). The van der Waals surface area contributed by atoms with E-state index in [2.05, 4.69) is 47.9 Å². The highest BCUT2D eigenvalue weighted by Crippen LogP contribution is 2.49. The lowest BCUT2D eigenvalue weighted by Gasteiger charge is -2.36. The largest absolute Gasteiger partial charge is 0.300 e. The lowest BCUT2D eigenvalue weighted by atomic mass is 9.69. The first-order valence-corrected chi connectivity index (χ1v) is 13.2. The van der Waals surface area contributed by atoms with Gasteiger partial charge in [-0.15, -0.1) is 20.4 Å². The van der Waals surface area contributed by atoms with E-state index in [0.29, 0.717) is 33.5 Å². The van der Waals surface area contributed by atoms with E-state index in [9.17, 15) is 9.59 Å². The van der Waals surface area contributed by atoms with E-state index in [1.165, 1.54) is 22.7 Å². The lowest BCUT2D eigenvalue weighted by Crippen LogP contribution is -2.26. The van der Waals surface area contributed by atoms with Gasteiger partial charge in [-0.25, -0.2) is 0 Å². The van der Waals surface area contributed by atoms with Gasteiger partial charge >= 0.3 is 0 Å². The first-order chi connectivity index (χ1) is 17.5. The summed E-state index contributed by atoms with van der Waals surface area (Å²) in [4.78, 5) is 32.9. The number of carbonyl (C=O) groups is 2. The molecule has 4 aromatic heterocycles. The predicted octanol–water partition coefficient (Wildman–Crippen LogP) is 3.84. The number of anilines is 2. The molecule has 0 aromatic carbocycles. The zero-order valence-corrected chi connectivity index (χ0v) is 21.1. The Hall–Kier alpha value is -3.64. The molecule has 1 unspecified atom stereocenters. The number of carbonyl (C=O) groups excluding carboxylic acids is 2. The summed E-state index contributed by atoms with van der Waals surface area (Å²) in [5.41, 5.74) is 1.42. The average molecular weight is 521 g/mol. The fourth-order valence-electron chi connectivity index (χ4n) is 4.05. The summed E-state index contributed by atoms with van der Waals surface area (Å²) in [6, 6.07) is 11.0. The summed E-state index contributed by atoms with van der Waals surface area (Å²) in [5.74, 6) is 0.682. The second-order valence-corrected chi connectivity index (χ2v) is 10.7. The molecule has 5 rings (SSSR count). The first-order valence-electron chi connectivity index (χ1n) is 11.6. The van der Waals surface area contributed by atoms with Crippen molar-refractivity contribution < 1.29 is 9.59 Å². The first kappa shape index (κ1) is 24.1. The van der Waals surface area contributed by atoms with Crippen molar-refractivity contribution in [3.63, 3.8) is 0 Å². The molecule has 0 spiro atoms. The molecule has 4 heterocycles. The van der Waals surface area contributed by atoms with E-state index >= 15 is 0 Å². The van der Waals surface area contributed by atoms with Gasteiger partial charge in [0.1, 0.15) is 10.0 Å². The number of nitrogens with one attached hydrogen (secondary N) is 2. The van der Waals surface area contributed by atoms with Crippen LogP contribution in [0, 0.1) is 5.92 Å². The summed E-state index contributed by atoms with van der Waals surface area (Å²) >= 11 is 2.84. The number of aromatic nitrogens is 6. The highest BCUT2D eigenvalue weighted by molar-refractivity contribution is 7.15. The van der Waals surface area contributed by atoms with Crippen LogP contribution in [0.15, 0.2) is 48.8 Å². The zero-order valence-electron chi connectivity index (χ0n) is 19.5. The molecule has 0 saturated heterocycles. The van der Waals surface area contributed by atoms with Crippen molar-refractivity contribution in [3.05, 3.63) is 70.2 Å². The van der Waals surface area contributed by atoms with Crippen LogP contribution < -0.4 is 10.6 Å². The number of amides is 2. The van der Waals surface area contributed by atoms with E-state index in [1.54, 1.807) is 12.4 Å². The predicted molar refractivity (Wildman–Crippen MR) is 137 cm³/mol. The Balaban J connectivity index is 1.09. The molecule has 1 aliphatic carbocycles. The maximum absolute atomic E-state index is 12.3. The Morgan fingerprint density at radius 3 is 2.03 bits per heavy atom. The van der Waals surface area contributed by atoms with Crippen LogP contribution in [0.25, 0.3) is 0 Å². The normalized spacial score (nSPS) is 17.7. The molecule has 0 bridgehead atoms. The van der Waals surface area contributed by atoms with Gasteiger partial charge < -0.3 is 10.6 Å². The number of hydrogen-bond acceptors (Lipinski definition) is 10. The van der Waals surface area contributed by atoms with Crippen LogP contribution in [0.5, 0.6) is 0 Å². The van der Waals surface area contributed by atoms with Gasteiger partial charge in [-0.2, -0.15) is 0 Å². The molecule has 184 valence electrons. The van der Waals surface area contributed by atoms with Gasteiger partial charge in [-0.3, -0.25) is 19.6 Å². The van der Waals surface area contributed by atoms with Crippen molar-refractivity contribution in [3.8, 4) is 0 Å². The van der Waals surface area contributed by atoms with Crippen LogP contribution in [0.1, 0.15) is 53.0 Å². The van der Waals surface area contributed by atoms with Crippen molar-refractivity contribution in [1.29, 1.82) is 0 Å². The third-order valence-corrected chi connectivity index (χ3v) is 8.17. The molecule has 12 heteroatoms. The van der Waals surface area contributed by atoms with E-state index in [1.807, 2.05) is 36.4 Å². The molecular formula is C24H24N8O2S2. The maximum atomic E-state index is 12.3. The smallest absolute Gasteiger partial charge is 0.232 e. The van der Waals surface area contributed by atoms with Gasteiger partial charge in [0, 0.05) is 35.6 Å². The summed E-state index contributed by atoms with van der Waals surface area (Å²) in [6.07, 6.45) is 5.68.